The number of allylic oxidation sites excluding steroid dienone is 2. The normalized spacial score (nSPS) is 22.1. The topological polar surface area (TPSA) is 226 Å². The molecular weight excluding hydrogens is 886 g/mol. The molecule has 0 aliphatic heterocycles. The van der Waals surface area contributed by atoms with Gasteiger partial charge in [0.25, 0.3) is 0 Å². The van der Waals surface area contributed by atoms with Gasteiger partial charge in [0.2, 0.25) is 5.91 Å². The van der Waals surface area contributed by atoms with Gasteiger partial charge in [-0.25, -0.2) is 4.57 Å². The molecule has 1 saturated carbocycles. The van der Waals surface area contributed by atoms with Crippen molar-refractivity contribution >= 4 is 13.7 Å². The zero-order chi connectivity index (χ0) is 50.1. The van der Waals surface area contributed by atoms with Crippen LogP contribution in [0.3, 0.4) is 0 Å². The Labute approximate surface area is 414 Å². The number of hydrogen-bond acceptors (Lipinski definition) is 11. The Kier molecular flexibility index (Phi) is 41.7. The van der Waals surface area contributed by atoms with E-state index in [4.69, 9.17) is 9.05 Å². The molecule has 404 valence electrons. The first kappa shape index (κ1) is 65.1. The van der Waals surface area contributed by atoms with Crippen LogP contribution in [0.25, 0.3) is 0 Å². The first-order valence-electron chi connectivity index (χ1n) is 28.2. The monoisotopic (exact) mass is 992 g/mol. The van der Waals surface area contributed by atoms with Crippen LogP contribution in [0.4, 0.5) is 0 Å². The molecule has 68 heavy (non-hydrogen) atoms. The predicted molar refractivity (Wildman–Crippen MR) is 275 cm³/mol. The molecule has 0 bridgehead atoms. The molecule has 0 aromatic heterocycles. The Balaban J connectivity index is 2.41. The number of phosphoric acid groups is 1. The zero-order valence-corrected chi connectivity index (χ0v) is 44.2. The van der Waals surface area contributed by atoms with Crippen molar-refractivity contribution in [2.45, 2.75) is 319 Å². The van der Waals surface area contributed by atoms with E-state index in [1.807, 2.05) is 0 Å². The summed E-state index contributed by atoms with van der Waals surface area (Å²) in [6, 6.07) is -1.16. The minimum absolute atomic E-state index is 0.224. The Bertz CT molecular complexity index is 1210. The number of rotatable bonds is 48. The van der Waals surface area contributed by atoms with Gasteiger partial charge in [-0.2, -0.15) is 0 Å². The van der Waals surface area contributed by atoms with Crippen molar-refractivity contribution < 1.29 is 59.0 Å². The SMILES string of the molecule is CCCCCCCCCC/C=C\CCCCCCCC(O)CC(=O)NC(COP(=O)(O)OC1C(O)C(O)C(O)C(O)C1O)C(O)CCCCCCCCCCCCCCCCCCCCCCC. The molecular formula is C54H106NO12P. The molecule has 0 radical (unpaired) electrons. The summed E-state index contributed by atoms with van der Waals surface area (Å²) in [5, 5.41) is 75.0. The van der Waals surface area contributed by atoms with Crippen molar-refractivity contribution in [3.05, 3.63) is 12.2 Å². The summed E-state index contributed by atoms with van der Waals surface area (Å²) in [6.45, 7) is 3.83. The number of carbonyl (C=O) groups excluding carboxylic acids is 1. The average Bonchev–Trinajstić information content (AvgIpc) is 3.31. The Hall–Kier alpha value is -0.960. The van der Waals surface area contributed by atoms with E-state index in [-0.39, 0.29) is 12.8 Å². The highest BCUT2D eigenvalue weighted by molar-refractivity contribution is 7.47. The van der Waals surface area contributed by atoms with Gasteiger partial charge >= 0.3 is 7.82 Å². The molecule has 0 saturated heterocycles. The van der Waals surface area contributed by atoms with Crippen molar-refractivity contribution in [3.63, 3.8) is 0 Å². The molecule has 8 unspecified atom stereocenters. The lowest BCUT2D eigenvalue weighted by Crippen LogP contribution is -2.64. The molecule has 9 N–H and O–H groups in total. The third-order valence-electron chi connectivity index (χ3n) is 13.9. The van der Waals surface area contributed by atoms with Crippen LogP contribution in [-0.4, -0.2) is 108 Å². The predicted octanol–water partition coefficient (Wildman–Crippen LogP) is 11.3. The smallest absolute Gasteiger partial charge is 0.393 e. The largest absolute Gasteiger partial charge is 0.472 e. The fraction of sp³-hybridized carbons (Fsp3) is 0.944. The van der Waals surface area contributed by atoms with Gasteiger partial charge in [-0.05, 0) is 38.5 Å². The average molecular weight is 992 g/mol. The van der Waals surface area contributed by atoms with E-state index in [0.29, 0.717) is 12.8 Å². The Morgan fingerprint density at radius 1 is 0.500 bits per heavy atom. The van der Waals surface area contributed by atoms with Gasteiger partial charge in [-0.15, -0.1) is 0 Å². The van der Waals surface area contributed by atoms with Crippen LogP contribution in [0.2, 0.25) is 0 Å². The Morgan fingerprint density at radius 3 is 1.21 bits per heavy atom. The highest BCUT2D eigenvalue weighted by Gasteiger charge is 2.51. The molecule has 1 rings (SSSR count). The fourth-order valence-electron chi connectivity index (χ4n) is 9.30. The summed E-state index contributed by atoms with van der Waals surface area (Å²) >= 11 is 0. The third-order valence-corrected chi connectivity index (χ3v) is 14.9. The third kappa shape index (κ3) is 34.4. The molecule has 0 heterocycles. The van der Waals surface area contributed by atoms with Crippen LogP contribution in [-0.2, 0) is 18.4 Å². The molecule has 0 aromatic rings. The van der Waals surface area contributed by atoms with Crippen LogP contribution >= 0.6 is 7.82 Å². The number of amides is 1. The fourth-order valence-corrected chi connectivity index (χ4v) is 10.3. The molecule has 1 aliphatic rings. The summed E-state index contributed by atoms with van der Waals surface area (Å²) in [5.41, 5.74) is 0. The van der Waals surface area contributed by atoms with Crippen molar-refractivity contribution in [1.82, 2.24) is 5.32 Å². The first-order chi connectivity index (χ1) is 32.8. The van der Waals surface area contributed by atoms with Crippen LogP contribution < -0.4 is 5.32 Å². The second kappa shape index (κ2) is 43.6. The summed E-state index contributed by atoms with van der Waals surface area (Å²) < 4.78 is 23.1. The second-order valence-electron chi connectivity index (χ2n) is 20.3. The van der Waals surface area contributed by atoms with Gasteiger partial charge in [0.05, 0.1) is 31.3 Å². The van der Waals surface area contributed by atoms with E-state index in [2.05, 4.69) is 31.3 Å². The summed E-state index contributed by atoms with van der Waals surface area (Å²) in [6.07, 6.45) is 35.3. The maximum atomic E-state index is 13.1. The summed E-state index contributed by atoms with van der Waals surface area (Å²) in [5.74, 6) is -0.560. The molecule has 0 aromatic carbocycles. The van der Waals surface area contributed by atoms with E-state index in [0.717, 1.165) is 70.6 Å². The maximum absolute atomic E-state index is 13.1. The van der Waals surface area contributed by atoms with E-state index in [1.165, 1.54) is 154 Å². The molecule has 13 nitrogen and oxygen atoms in total. The first-order valence-corrected chi connectivity index (χ1v) is 29.7. The van der Waals surface area contributed by atoms with Gasteiger partial charge in [0.1, 0.15) is 36.6 Å². The number of hydrogen-bond donors (Lipinski definition) is 9. The van der Waals surface area contributed by atoms with E-state index in [9.17, 15) is 50.0 Å². The summed E-state index contributed by atoms with van der Waals surface area (Å²) in [4.78, 5) is 23.6. The van der Waals surface area contributed by atoms with Crippen molar-refractivity contribution in [1.29, 1.82) is 0 Å². The van der Waals surface area contributed by atoms with Crippen LogP contribution in [0.1, 0.15) is 264 Å². The number of nitrogens with one attached hydrogen (secondary N) is 1. The highest BCUT2D eigenvalue weighted by atomic mass is 31.2. The minimum atomic E-state index is -5.12. The van der Waals surface area contributed by atoms with Crippen LogP contribution in [0.5, 0.6) is 0 Å². The van der Waals surface area contributed by atoms with Crippen LogP contribution in [0, 0.1) is 0 Å². The maximum Gasteiger partial charge on any atom is 0.472 e. The van der Waals surface area contributed by atoms with Gasteiger partial charge in [0.15, 0.2) is 0 Å². The number of aliphatic hydroxyl groups excluding tert-OH is 7. The van der Waals surface area contributed by atoms with Crippen molar-refractivity contribution in [2.24, 2.45) is 0 Å². The lowest BCUT2D eigenvalue weighted by Gasteiger charge is -2.41. The summed E-state index contributed by atoms with van der Waals surface area (Å²) in [7, 11) is -5.12. The molecule has 1 amide bonds. The minimum Gasteiger partial charge on any atom is -0.393 e. The van der Waals surface area contributed by atoms with E-state index in [1.54, 1.807) is 0 Å². The highest BCUT2D eigenvalue weighted by Crippen LogP contribution is 2.47. The molecule has 0 spiro atoms. The standard InChI is InChI=1S/C54H106NO12P/c1-3-5-7-9-11-13-15-17-19-21-22-23-24-26-28-30-32-34-36-38-40-42-47(57)46(44-66-68(64,65)67-54-52(62)50(60)49(59)51(61)53(54)63)55-48(58)43-45(56)41-39-37-35-33-31-29-27-25-20-18-16-14-12-10-8-6-4-2/h25,27,45-47,49-54,56-57,59-63H,3-24,26,28-44H2,1-2H3,(H,55,58)(H,64,65)/b27-25-. The second-order valence-corrected chi connectivity index (χ2v) is 21.7. The number of carbonyl (C=O) groups is 1. The lowest BCUT2D eigenvalue weighted by atomic mass is 9.85. The molecule has 14 heteroatoms. The van der Waals surface area contributed by atoms with E-state index >= 15 is 0 Å². The molecule has 8 atom stereocenters. The molecule has 1 aliphatic carbocycles. The number of aliphatic hydroxyl groups is 7. The zero-order valence-electron chi connectivity index (χ0n) is 43.3. The van der Waals surface area contributed by atoms with Crippen LogP contribution in [0.15, 0.2) is 12.2 Å². The quantitative estimate of drug-likeness (QED) is 0.0158. The lowest BCUT2D eigenvalue weighted by molar-refractivity contribution is -0.220. The van der Waals surface area contributed by atoms with Crippen molar-refractivity contribution in [3.8, 4) is 0 Å². The molecule has 1 fully saturated rings. The Morgan fingerprint density at radius 2 is 0.824 bits per heavy atom. The van der Waals surface area contributed by atoms with Gasteiger partial charge in [-0.1, -0.05) is 231 Å². The van der Waals surface area contributed by atoms with Gasteiger partial charge < -0.3 is 46.0 Å². The van der Waals surface area contributed by atoms with Gasteiger partial charge in [0, 0.05) is 0 Å². The number of unbranched alkanes of at least 4 members (excludes halogenated alkanes) is 33. The van der Waals surface area contributed by atoms with Crippen molar-refractivity contribution in [2.75, 3.05) is 6.61 Å². The number of phosphoric ester groups is 1. The van der Waals surface area contributed by atoms with E-state index < -0.39 is 75.2 Å². The van der Waals surface area contributed by atoms with Gasteiger partial charge in [-0.3, -0.25) is 13.8 Å².